The maximum Gasteiger partial charge on any atom is 0.113 e. The summed E-state index contributed by atoms with van der Waals surface area (Å²) in [6.45, 7) is 4.87. The van der Waals surface area contributed by atoms with Gasteiger partial charge in [0.2, 0.25) is 0 Å². The predicted octanol–water partition coefficient (Wildman–Crippen LogP) is 4.46. The highest BCUT2D eigenvalue weighted by Crippen LogP contribution is 2.34. The Bertz CT molecular complexity index is 624. The molecule has 1 aliphatic heterocycles. The standard InChI is InChI=1S/C16H15BrSi/c1-18(2)15-6-4-3-5-13(15)11-16(18)12-7-9-14(17)10-8-12/h3-11H,1-2H3. The van der Waals surface area contributed by atoms with Crippen molar-refractivity contribution in [1.29, 1.82) is 0 Å². The molecule has 0 spiro atoms. The first-order chi connectivity index (χ1) is 8.59. The van der Waals surface area contributed by atoms with Crippen molar-refractivity contribution >= 4 is 40.5 Å². The summed E-state index contributed by atoms with van der Waals surface area (Å²) in [7, 11) is -1.50. The molecule has 0 saturated carbocycles. The van der Waals surface area contributed by atoms with Crippen LogP contribution in [0.25, 0.3) is 11.3 Å². The van der Waals surface area contributed by atoms with Gasteiger partial charge in [0.1, 0.15) is 8.07 Å². The van der Waals surface area contributed by atoms with Crippen LogP contribution in [0.4, 0.5) is 0 Å². The lowest BCUT2D eigenvalue weighted by atomic mass is 10.1. The van der Waals surface area contributed by atoms with Gasteiger partial charge in [0.15, 0.2) is 0 Å². The number of benzene rings is 2. The minimum Gasteiger partial charge on any atom is -0.0623 e. The molecule has 0 radical (unpaired) electrons. The normalized spacial score (nSPS) is 16.3. The van der Waals surface area contributed by atoms with Gasteiger partial charge >= 0.3 is 0 Å². The highest BCUT2D eigenvalue weighted by molar-refractivity contribution is 9.10. The SMILES string of the molecule is C[Si]1(C)C(c2ccc(Br)cc2)=Cc2ccccc21. The molecule has 0 atom stereocenters. The summed E-state index contributed by atoms with van der Waals surface area (Å²) < 4.78 is 1.14. The van der Waals surface area contributed by atoms with Gasteiger partial charge in [-0.25, -0.2) is 0 Å². The largest absolute Gasteiger partial charge is 0.113 e. The van der Waals surface area contributed by atoms with Crippen molar-refractivity contribution < 1.29 is 0 Å². The molecule has 0 nitrogen and oxygen atoms in total. The lowest BCUT2D eigenvalue weighted by molar-refractivity contribution is 1.60. The van der Waals surface area contributed by atoms with Crippen LogP contribution in [0.15, 0.2) is 53.0 Å². The van der Waals surface area contributed by atoms with Gasteiger partial charge in [-0.3, -0.25) is 0 Å². The fourth-order valence-electron chi connectivity index (χ4n) is 2.75. The quantitative estimate of drug-likeness (QED) is 0.682. The van der Waals surface area contributed by atoms with E-state index in [0.717, 1.165) is 4.47 Å². The molecule has 0 aliphatic carbocycles. The molecule has 0 bridgehead atoms. The fourth-order valence-corrected chi connectivity index (χ4v) is 6.10. The first-order valence-electron chi connectivity index (χ1n) is 6.17. The molecule has 90 valence electrons. The van der Waals surface area contributed by atoms with Gasteiger partial charge in [0.05, 0.1) is 0 Å². The molecule has 0 amide bonds. The number of halogens is 1. The van der Waals surface area contributed by atoms with E-state index in [4.69, 9.17) is 0 Å². The van der Waals surface area contributed by atoms with Crippen molar-refractivity contribution in [3.8, 4) is 0 Å². The Morgan fingerprint density at radius 2 is 1.56 bits per heavy atom. The Hall–Kier alpha value is -1.12. The molecule has 0 aromatic heterocycles. The van der Waals surface area contributed by atoms with Crippen molar-refractivity contribution in [2.75, 3.05) is 0 Å². The lowest BCUT2D eigenvalue weighted by Crippen LogP contribution is -2.40. The molecule has 18 heavy (non-hydrogen) atoms. The minimum atomic E-state index is -1.50. The van der Waals surface area contributed by atoms with E-state index in [1.807, 2.05) is 0 Å². The molecule has 2 aromatic carbocycles. The van der Waals surface area contributed by atoms with Crippen molar-refractivity contribution in [3.05, 3.63) is 64.1 Å². The van der Waals surface area contributed by atoms with Gasteiger partial charge in [-0.15, -0.1) is 0 Å². The van der Waals surface area contributed by atoms with Gasteiger partial charge in [0, 0.05) is 4.47 Å². The van der Waals surface area contributed by atoms with Gasteiger partial charge in [-0.1, -0.05) is 71.5 Å². The first-order valence-corrected chi connectivity index (χ1v) is 9.96. The van der Waals surface area contributed by atoms with E-state index in [1.165, 1.54) is 16.3 Å². The highest BCUT2D eigenvalue weighted by Gasteiger charge is 2.35. The second-order valence-corrected chi connectivity index (χ2v) is 10.5. The monoisotopic (exact) mass is 314 g/mol. The second kappa shape index (κ2) is 4.21. The number of fused-ring (bicyclic) bond motifs is 1. The third kappa shape index (κ3) is 1.80. The highest BCUT2D eigenvalue weighted by atomic mass is 79.9. The van der Waals surface area contributed by atoms with Gasteiger partial charge in [-0.2, -0.15) is 0 Å². The number of hydrogen-bond acceptors (Lipinski definition) is 0. The van der Waals surface area contributed by atoms with Crippen molar-refractivity contribution in [2.24, 2.45) is 0 Å². The van der Waals surface area contributed by atoms with Crippen LogP contribution < -0.4 is 5.19 Å². The van der Waals surface area contributed by atoms with Crippen LogP contribution >= 0.6 is 15.9 Å². The third-order valence-electron chi connectivity index (χ3n) is 3.76. The van der Waals surface area contributed by atoms with E-state index < -0.39 is 8.07 Å². The maximum atomic E-state index is 3.50. The van der Waals surface area contributed by atoms with Gasteiger partial charge in [-0.05, 0) is 33.6 Å². The van der Waals surface area contributed by atoms with Crippen molar-refractivity contribution in [3.63, 3.8) is 0 Å². The van der Waals surface area contributed by atoms with Crippen molar-refractivity contribution in [2.45, 2.75) is 13.1 Å². The second-order valence-electron chi connectivity index (χ2n) is 5.28. The zero-order valence-corrected chi connectivity index (χ0v) is 13.2. The van der Waals surface area contributed by atoms with E-state index in [1.54, 1.807) is 5.19 Å². The van der Waals surface area contributed by atoms with E-state index in [9.17, 15) is 0 Å². The topological polar surface area (TPSA) is 0 Å². The summed E-state index contributed by atoms with van der Waals surface area (Å²) in [4.78, 5) is 0. The Labute approximate surface area is 118 Å². The smallest absolute Gasteiger partial charge is 0.0623 e. The maximum absolute atomic E-state index is 3.50. The Kier molecular flexibility index (Phi) is 2.79. The zero-order valence-electron chi connectivity index (χ0n) is 10.6. The summed E-state index contributed by atoms with van der Waals surface area (Å²) in [6.07, 6.45) is 2.38. The van der Waals surface area contributed by atoms with E-state index in [2.05, 4.69) is 83.6 Å². The molecule has 2 aromatic rings. The van der Waals surface area contributed by atoms with E-state index in [0.29, 0.717) is 0 Å². The van der Waals surface area contributed by atoms with E-state index in [-0.39, 0.29) is 0 Å². The molecule has 1 heterocycles. The molecule has 1 aliphatic rings. The van der Waals surface area contributed by atoms with Crippen LogP contribution in [0.2, 0.25) is 13.1 Å². The summed E-state index contributed by atoms with van der Waals surface area (Å²) >= 11 is 3.50. The Morgan fingerprint density at radius 1 is 0.889 bits per heavy atom. The molecular weight excluding hydrogens is 300 g/mol. The molecule has 0 N–H and O–H groups in total. The molecule has 0 saturated heterocycles. The number of hydrogen-bond donors (Lipinski definition) is 0. The average molecular weight is 315 g/mol. The predicted molar refractivity (Wildman–Crippen MR) is 85.6 cm³/mol. The minimum absolute atomic E-state index is 1.14. The summed E-state index contributed by atoms with van der Waals surface area (Å²) in [5, 5.41) is 3.10. The molecular formula is C16H15BrSi. The van der Waals surface area contributed by atoms with E-state index >= 15 is 0 Å². The Morgan fingerprint density at radius 3 is 2.22 bits per heavy atom. The Balaban J connectivity index is 2.13. The fraction of sp³-hybridized carbons (Fsp3) is 0.125. The van der Waals surface area contributed by atoms with Gasteiger partial charge in [0.25, 0.3) is 0 Å². The van der Waals surface area contributed by atoms with Gasteiger partial charge < -0.3 is 0 Å². The van der Waals surface area contributed by atoms with Crippen LogP contribution in [0.1, 0.15) is 11.1 Å². The van der Waals surface area contributed by atoms with Crippen LogP contribution in [-0.4, -0.2) is 8.07 Å². The van der Waals surface area contributed by atoms with Crippen LogP contribution in [-0.2, 0) is 0 Å². The van der Waals surface area contributed by atoms with Crippen molar-refractivity contribution in [1.82, 2.24) is 0 Å². The van der Waals surface area contributed by atoms with Crippen LogP contribution in [0.3, 0.4) is 0 Å². The molecule has 3 rings (SSSR count). The van der Waals surface area contributed by atoms with Crippen LogP contribution in [0, 0.1) is 0 Å². The summed E-state index contributed by atoms with van der Waals surface area (Å²) in [5.74, 6) is 0. The number of rotatable bonds is 1. The average Bonchev–Trinajstić information content (AvgIpc) is 2.63. The lowest BCUT2D eigenvalue weighted by Gasteiger charge is -2.22. The summed E-state index contributed by atoms with van der Waals surface area (Å²) in [5.41, 5.74) is 2.78. The third-order valence-corrected chi connectivity index (χ3v) is 7.87. The first kappa shape index (κ1) is 11.9. The zero-order chi connectivity index (χ0) is 12.8. The molecule has 2 heteroatoms. The van der Waals surface area contributed by atoms with Crippen LogP contribution in [0.5, 0.6) is 0 Å². The summed E-state index contributed by atoms with van der Waals surface area (Å²) in [6, 6.07) is 17.5. The molecule has 0 unspecified atom stereocenters. The molecule has 0 fully saturated rings.